The number of amides is 1. The Morgan fingerprint density at radius 1 is 1.56 bits per heavy atom. The Kier molecular flexibility index (Phi) is 3.63. The SMILES string of the molecule is N#C/C(C(=O)Nc1ccc(Br)cn1)=C(/O)C1CC1. The zero-order chi connectivity index (χ0) is 13.1. The number of aromatic nitrogens is 1. The van der Waals surface area contributed by atoms with Crippen LogP contribution in [0.4, 0.5) is 5.82 Å². The van der Waals surface area contributed by atoms with E-state index in [0.29, 0.717) is 5.82 Å². The second kappa shape index (κ2) is 5.19. The number of carbonyl (C=O) groups excluding carboxylic acids is 1. The average Bonchev–Trinajstić information content (AvgIpc) is 3.17. The molecule has 0 aliphatic heterocycles. The summed E-state index contributed by atoms with van der Waals surface area (Å²) in [4.78, 5) is 15.8. The van der Waals surface area contributed by atoms with Gasteiger partial charge in [0.2, 0.25) is 0 Å². The van der Waals surface area contributed by atoms with E-state index in [4.69, 9.17) is 5.26 Å². The van der Waals surface area contributed by atoms with Crippen LogP contribution in [0.1, 0.15) is 12.8 Å². The van der Waals surface area contributed by atoms with Gasteiger partial charge in [-0.05, 0) is 40.9 Å². The number of pyridine rings is 1. The highest BCUT2D eigenvalue weighted by atomic mass is 79.9. The maximum absolute atomic E-state index is 11.8. The summed E-state index contributed by atoms with van der Waals surface area (Å²) in [6.45, 7) is 0. The molecule has 1 fully saturated rings. The molecule has 0 spiro atoms. The van der Waals surface area contributed by atoms with Gasteiger partial charge in [-0.3, -0.25) is 4.79 Å². The van der Waals surface area contributed by atoms with Gasteiger partial charge in [0.1, 0.15) is 17.6 Å². The molecule has 92 valence electrons. The van der Waals surface area contributed by atoms with E-state index in [9.17, 15) is 9.90 Å². The predicted octanol–water partition coefficient (Wildman–Crippen LogP) is 2.53. The topological polar surface area (TPSA) is 86.0 Å². The molecule has 0 aromatic carbocycles. The molecule has 1 amide bonds. The van der Waals surface area contributed by atoms with Gasteiger partial charge in [0.25, 0.3) is 5.91 Å². The standard InChI is InChI=1S/C12H10BrN3O2/c13-8-3-4-10(15-6-8)16-12(18)9(5-14)11(17)7-1-2-7/h3-4,6-7,17H,1-2H2,(H,15,16,18)/b11-9-. The lowest BCUT2D eigenvalue weighted by Crippen LogP contribution is -2.16. The zero-order valence-electron chi connectivity index (χ0n) is 9.35. The molecule has 2 N–H and O–H groups in total. The Bertz CT molecular complexity index is 541. The Morgan fingerprint density at radius 2 is 2.28 bits per heavy atom. The fourth-order valence-corrected chi connectivity index (χ4v) is 1.65. The summed E-state index contributed by atoms with van der Waals surface area (Å²) in [5.74, 6) is -0.452. The summed E-state index contributed by atoms with van der Waals surface area (Å²) in [7, 11) is 0. The third kappa shape index (κ3) is 2.87. The van der Waals surface area contributed by atoms with E-state index in [2.05, 4.69) is 26.2 Å². The molecule has 0 saturated heterocycles. The summed E-state index contributed by atoms with van der Waals surface area (Å²) >= 11 is 3.23. The van der Waals surface area contributed by atoms with Crippen molar-refractivity contribution in [3.8, 4) is 6.07 Å². The van der Waals surface area contributed by atoms with Crippen molar-refractivity contribution in [1.82, 2.24) is 4.98 Å². The lowest BCUT2D eigenvalue weighted by molar-refractivity contribution is -0.112. The molecular weight excluding hydrogens is 298 g/mol. The molecule has 0 radical (unpaired) electrons. The molecule has 5 nitrogen and oxygen atoms in total. The highest BCUT2D eigenvalue weighted by molar-refractivity contribution is 9.10. The number of halogens is 1. The molecule has 0 bridgehead atoms. The van der Waals surface area contributed by atoms with E-state index in [1.54, 1.807) is 18.2 Å². The minimum atomic E-state index is -0.628. The van der Waals surface area contributed by atoms with Crippen LogP contribution in [0, 0.1) is 17.2 Å². The molecule has 0 atom stereocenters. The summed E-state index contributed by atoms with van der Waals surface area (Å²) in [6, 6.07) is 5.06. The van der Waals surface area contributed by atoms with Crippen LogP contribution in [0.2, 0.25) is 0 Å². The number of allylic oxidation sites excluding steroid dienone is 1. The van der Waals surface area contributed by atoms with Crippen molar-refractivity contribution in [1.29, 1.82) is 5.26 Å². The van der Waals surface area contributed by atoms with Crippen molar-refractivity contribution < 1.29 is 9.90 Å². The van der Waals surface area contributed by atoms with Crippen molar-refractivity contribution in [2.24, 2.45) is 5.92 Å². The quantitative estimate of drug-likeness (QED) is 0.510. The van der Waals surface area contributed by atoms with E-state index in [1.165, 1.54) is 6.20 Å². The van der Waals surface area contributed by atoms with E-state index in [1.807, 2.05) is 0 Å². The van der Waals surface area contributed by atoms with Crippen molar-refractivity contribution in [2.45, 2.75) is 12.8 Å². The summed E-state index contributed by atoms with van der Waals surface area (Å²) in [6.07, 6.45) is 3.17. The van der Waals surface area contributed by atoms with Gasteiger partial charge in [0, 0.05) is 16.6 Å². The predicted molar refractivity (Wildman–Crippen MR) is 68.6 cm³/mol. The van der Waals surface area contributed by atoms with Crippen LogP contribution in [0.5, 0.6) is 0 Å². The third-order valence-corrected chi connectivity index (χ3v) is 3.00. The van der Waals surface area contributed by atoms with Crippen molar-refractivity contribution in [3.63, 3.8) is 0 Å². The molecule has 1 aromatic rings. The van der Waals surface area contributed by atoms with E-state index >= 15 is 0 Å². The number of carbonyl (C=O) groups is 1. The highest BCUT2D eigenvalue weighted by Crippen LogP contribution is 2.36. The normalized spacial score (nSPS) is 15.6. The molecule has 0 unspecified atom stereocenters. The monoisotopic (exact) mass is 307 g/mol. The second-order valence-corrected chi connectivity index (χ2v) is 4.88. The number of nitrogens with one attached hydrogen (secondary N) is 1. The number of anilines is 1. The Hall–Kier alpha value is -1.87. The number of aliphatic hydroxyl groups is 1. The number of hydrogen-bond donors (Lipinski definition) is 2. The first-order valence-electron chi connectivity index (χ1n) is 5.38. The molecule has 1 heterocycles. The van der Waals surface area contributed by atoms with Gasteiger partial charge < -0.3 is 10.4 Å². The van der Waals surface area contributed by atoms with Gasteiger partial charge in [-0.2, -0.15) is 5.26 Å². The molecular formula is C12H10BrN3O2. The highest BCUT2D eigenvalue weighted by Gasteiger charge is 2.30. The van der Waals surface area contributed by atoms with Gasteiger partial charge in [-0.25, -0.2) is 4.98 Å². The minimum absolute atomic E-state index is 0.0386. The summed E-state index contributed by atoms with van der Waals surface area (Å²) in [5.41, 5.74) is -0.234. The van der Waals surface area contributed by atoms with Gasteiger partial charge in [0.05, 0.1) is 0 Å². The van der Waals surface area contributed by atoms with Crippen LogP contribution in [0.25, 0.3) is 0 Å². The first-order valence-corrected chi connectivity index (χ1v) is 6.17. The van der Waals surface area contributed by atoms with Gasteiger partial charge >= 0.3 is 0 Å². The lowest BCUT2D eigenvalue weighted by atomic mass is 10.2. The van der Waals surface area contributed by atoms with Crippen molar-refractivity contribution in [2.75, 3.05) is 5.32 Å². The van der Waals surface area contributed by atoms with E-state index in [-0.39, 0.29) is 17.3 Å². The Labute approximate surface area is 112 Å². The molecule has 1 aliphatic rings. The average molecular weight is 308 g/mol. The number of nitriles is 1. The van der Waals surface area contributed by atoms with Crippen LogP contribution < -0.4 is 5.32 Å². The zero-order valence-corrected chi connectivity index (χ0v) is 10.9. The van der Waals surface area contributed by atoms with Crippen LogP contribution in [-0.2, 0) is 4.79 Å². The first kappa shape index (κ1) is 12.6. The van der Waals surface area contributed by atoms with Crippen LogP contribution in [0.15, 0.2) is 34.1 Å². The van der Waals surface area contributed by atoms with Gasteiger partial charge in [-0.15, -0.1) is 0 Å². The lowest BCUT2D eigenvalue weighted by Gasteiger charge is -2.05. The maximum atomic E-state index is 11.8. The molecule has 2 rings (SSSR count). The van der Waals surface area contributed by atoms with E-state index < -0.39 is 5.91 Å². The second-order valence-electron chi connectivity index (χ2n) is 3.96. The van der Waals surface area contributed by atoms with Crippen LogP contribution >= 0.6 is 15.9 Å². The van der Waals surface area contributed by atoms with Crippen molar-refractivity contribution in [3.05, 3.63) is 34.1 Å². The largest absolute Gasteiger partial charge is 0.510 e. The van der Waals surface area contributed by atoms with Crippen molar-refractivity contribution >= 4 is 27.7 Å². The fraction of sp³-hybridized carbons (Fsp3) is 0.250. The van der Waals surface area contributed by atoms with Crippen LogP contribution in [0.3, 0.4) is 0 Å². The number of rotatable bonds is 3. The van der Waals surface area contributed by atoms with E-state index in [0.717, 1.165) is 17.3 Å². The smallest absolute Gasteiger partial charge is 0.270 e. The fourth-order valence-electron chi connectivity index (χ4n) is 1.41. The Balaban J connectivity index is 2.14. The molecule has 1 aromatic heterocycles. The molecule has 1 aliphatic carbocycles. The summed E-state index contributed by atoms with van der Waals surface area (Å²) in [5, 5.41) is 21.1. The number of hydrogen-bond acceptors (Lipinski definition) is 4. The Morgan fingerprint density at radius 3 is 2.78 bits per heavy atom. The number of aliphatic hydroxyl groups excluding tert-OH is 1. The van der Waals surface area contributed by atoms with Gasteiger partial charge in [0.15, 0.2) is 5.57 Å². The van der Waals surface area contributed by atoms with Gasteiger partial charge in [-0.1, -0.05) is 0 Å². The maximum Gasteiger partial charge on any atom is 0.270 e. The minimum Gasteiger partial charge on any atom is -0.510 e. The van der Waals surface area contributed by atoms with Crippen LogP contribution in [-0.4, -0.2) is 16.0 Å². The molecule has 18 heavy (non-hydrogen) atoms. The third-order valence-electron chi connectivity index (χ3n) is 2.53. The first-order chi connectivity index (χ1) is 8.61. The molecule has 6 heteroatoms. The molecule has 1 saturated carbocycles. The number of nitrogens with zero attached hydrogens (tertiary/aromatic N) is 2. The summed E-state index contributed by atoms with van der Waals surface area (Å²) < 4.78 is 0.789.